The fourth-order valence-electron chi connectivity index (χ4n) is 10.0. The topological polar surface area (TPSA) is 91.4 Å². The van der Waals surface area contributed by atoms with Crippen LogP contribution in [0.5, 0.6) is 0 Å². The minimum atomic E-state index is -0.844. The molecule has 1 spiro atoms. The maximum atomic E-state index is 13.7. The molecule has 3 aliphatic carbocycles. The number of nitrogens with zero attached hydrogens (tertiary/aromatic N) is 1. The van der Waals surface area contributed by atoms with Gasteiger partial charge in [0.1, 0.15) is 11.7 Å². The predicted octanol–water partition coefficient (Wildman–Crippen LogP) is 2.78. The number of rotatable bonds is 4. The zero-order valence-electron chi connectivity index (χ0n) is 21.4. The fraction of sp³-hybridized carbons (Fsp3) is 0.815. The average Bonchev–Trinajstić information content (AvgIpc) is 3.22. The molecule has 0 aromatic heterocycles. The molecule has 0 amide bonds. The van der Waals surface area contributed by atoms with Crippen LogP contribution < -0.4 is 0 Å². The Balaban J connectivity index is 1.70. The zero-order chi connectivity index (χ0) is 24.9. The zero-order valence-corrected chi connectivity index (χ0v) is 21.4. The van der Waals surface area contributed by atoms with Crippen LogP contribution in [0, 0.1) is 23.7 Å². The maximum absolute atomic E-state index is 13.7. The molecule has 6 aliphatic rings. The summed E-state index contributed by atoms with van der Waals surface area (Å²) in [7, 11) is 3.09. The molecular weight excluding hydrogens is 450 g/mol. The minimum absolute atomic E-state index is 0.125. The van der Waals surface area contributed by atoms with E-state index in [1.54, 1.807) is 7.11 Å². The quantitative estimate of drug-likeness (QED) is 0.442. The molecule has 192 valence electrons. The van der Waals surface area contributed by atoms with Gasteiger partial charge < -0.3 is 18.9 Å². The number of ether oxygens (including phenoxy) is 4. The molecule has 8 nitrogen and oxygen atoms in total. The molecule has 8 heteroatoms. The third-order valence-corrected chi connectivity index (χ3v) is 10.4. The lowest BCUT2D eigenvalue weighted by atomic mass is 9.53. The highest BCUT2D eigenvalue weighted by Gasteiger charge is 2.82. The number of methoxy groups -OCH3 is 2. The second-order valence-corrected chi connectivity index (χ2v) is 11.7. The van der Waals surface area contributed by atoms with Gasteiger partial charge in [0.05, 0.1) is 24.3 Å². The van der Waals surface area contributed by atoms with Gasteiger partial charge in [0.25, 0.3) is 0 Å². The number of hydrogen-bond acceptors (Lipinski definition) is 8. The van der Waals surface area contributed by atoms with Crippen molar-refractivity contribution < 1.29 is 33.3 Å². The van der Waals surface area contributed by atoms with Crippen molar-refractivity contribution in [1.29, 1.82) is 0 Å². The molecule has 3 heterocycles. The second kappa shape index (κ2) is 7.78. The summed E-state index contributed by atoms with van der Waals surface area (Å²) in [5.41, 5.74) is 0.0502. The van der Waals surface area contributed by atoms with Crippen LogP contribution in [0.4, 0.5) is 0 Å². The molecule has 0 N–H and O–H groups in total. The van der Waals surface area contributed by atoms with E-state index >= 15 is 0 Å². The summed E-state index contributed by atoms with van der Waals surface area (Å²) < 4.78 is 23.8. The Morgan fingerprint density at radius 3 is 2.43 bits per heavy atom. The molecule has 2 saturated carbocycles. The minimum Gasteiger partial charge on any atom is -0.466 e. The van der Waals surface area contributed by atoms with E-state index in [0.29, 0.717) is 17.7 Å². The molecule has 11 atom stereocenters. The van der Waals surface area contributed by atoms with Crippen LogP contribution in [-0.4, -0.2) is 72.5 Å². The van der Waals surface area contributed by atoms with Crippen LogP contribution in [-0.2, 0) is 33.3 Å². The number of carbonyl (C=O) groups is 3. The van der Waals surface area contributed by atoms with Crippen molar-refractivity contribution in [3.63, 3.8) is 0 Å². The number of piperidine rings is 2. The summed E-state index contributed by atoms with van der Waals surface area (Å²) in [4.78, 5) is 41.4. The molecule has 3 saturated heterocycles. The molecule has 11 unspecified atom stereocenters. The van der Waals surface area contributed by atoms with Crippen molar-refractivity contribution in [2.75, 3.05) is 14.2 Å². The standard InChI is InChI=1S/C27H37NO7/c1-13-9-10-17-19-11-16-12-26(17,35-15(3)30)24-22(25(31)33-5)23(34-14(2)29)21-18(27(16,24)28(13)19)7-6-8-20(21)32-4/h13,16-21,23H,6-12H2,1-5H3. The Kier molecular flexibility index (Phi) is 5.22. The first-order valence-electron chi connectivity index (χ1n) is 13.2. The lowest BCUT2D eigenvalue weighted by Gasteiger charge is -2.65. The van der Waals surface area contributed by atoms with E-state index in [1.807, 2.05) is 0 Å². The van der Waals surface area contributed by atoms with Gasteiger partial charge in [-0.1, -0.05) is 6.42 Å². The smallest absolute Gasteiger partial charge is 0.337 e. The molecular formula is C27H37NO7. The molecule has 5 bridgehead atoms. The van der Waals surface area contributed by atoms with Crippen molar-refractivity contribution in [1.82, 2.24) is 4.90 Å². The van der Waals surface area contributed by atoms with Crippen molar-refractivity contribution in [3.05, 3.63) is 11.1 Å². The van der Waals surface area contributed by atoms with E-state index < -0.39 is 29.2 Å². The summed E-state index contributed by atoms with van der Waals surface area (Å²) in [5, 5.41) is 0. The van der Waals surface area contributed by atoms with Gasteiger partial charge in [-0.25, -0.2) is 4.79 Å². The first-order valence-corrected chi connectivity index (χ1v) is 13.2. The van der Waals surface area contributed by atoms with E-state index in [1.165, 1.54) is 21.0 Å². The number of hydrogen-bond donors (Lipinski definition) is 0. The van der Waals surface area contributed by atoms with Crippen LogP contribution in [0.25, 0.3) is 0 Å². The molecule has 0 aromatic rings. The van der Waals surface area contributed by atoms with E-state index in [9.17, 15) is 14.4 Å². The lowest BCUT2D eigenvalue weighted by molar-refractivity contribution is -0.190. The van der Waals surface area contributed by atoms with E-state index in [4.69, 9.17) is 18.9 Å². The highest BCUT2D eigenvalue weighted by atomic mass is 16.6. The van der Waals surface area contributed by atoms with Crippen LogP contribution in [0.3, 0.4) is 0 Å². The summed E-state index contributed by atoms with van der Waals surface area (Å²) in [6.07, 6.45) is 5.69. The molecule has 5 fully saturated rings. The Labute approximate surface area is 206 Å². The van der Waals surface area contributed by atoms with E-state index in [-0.39, 0.29) is 35.7 Å². The number of fused-ring (bicyclic) bond motifs is 2. The summed E-state index contributed by atoms with van der Waals surface area (Å²) in [5.74, 6) is -0.860. The third kappa shape index (κ3) is 2.73. The Hall–Kier alpha value is -1.93. The Morgan fingerprint density at radius 2 is 1.77 bits per heavy atom. The lowest BCUT2D eigenvalue weighted by Crippen LogP contribution is -2.73. The summed E-state index contributed by atoms with van der Waals surface area (Å²) in [6.45, 7) is 5.15. The molecule has 35 heavy (non-hydrogen) atoms. The van der Waals surface area contributed by atoms with E-state index in [2.05, 4.69) is 11.8 Å². The van der Waals surface area contributed by atoms with Crippen LogP contribution in [0.2, 0.25) is 0 Å². The highest BCUT2D eigenvalue weighted by Crippen LogP contribution is 2.76. The van der Waals surface area contributed by atoms with Gasteiger partial charge in [-0.2, -0.15) is 0 Å². The fourth-order valence-corrected chi connectivity index (χ4v) is 10.0. The van der Waals surface area contributed by atoms with Gasteiger partial charge in [-0.3, -0.25) is 14.5 Å². The largest absolute Gasteiger partial charge is 0.466 e. The number of esters is 3. The molecule has 6 rings (SSSR count). The maximum Gasteiger partial charge on any atom is 0.337 e. The van der Waals surface area contributed by atoms with Crippen LogP contribution in [0.15, 0.2) is 11.1 Å². The molecule has 0 radical (unpaired) electrons. The van der Waals surface area contributed by atoms with Gasteiger partial charge in [0.2, 0.25) is 0 Å². The van der Waals surface area contributed by atoms with Crippen LogP contribution >= 0.6 is 0 Å². The van der Waals surface area contributed by atoms with Crippen molar-refractivity contribution >= 4 is 17.9 Å². The first kappa shape index (κ1) is 23.5. The SMILES string of the molecule is COC(=O)C1=C2C3(OC(C)=O)CC4CC5C3CCC(C)N5C24C2CCCC(OC)C2C1OC(C)=O. The van der Waals surface area contributed by atoms with Crippen molar-refractivity contribution in [2.45, 2.75) is 101 Å². The highest BCUT2D eigenvalue weighted by molar-refractivity contribution is 5.93. The van der Waals surface area contributed by atoms with Crippen molar-refractivity contribution in [3.8, 4) is 0 Å². The van der Waals surface area contributed by atoms with Gasteiger partial charge in [-0.15, -0.1) is 0 Å². The molecule has 3 aliphatic heterocycles. The number of carbonyl (C=O) groups excluding carboxylic acids is 3. The van der Waals surface area contributed by atoms with Gasteiger partial charge in [0.15, 0.2) is 0 Å². The third-order valence-electron chi connectivity index (χ3n) is 10.4. The first-order chi connectivity index (χ1) is 16.7. The Bertz CT molecular complexity index is 1010. The van der Waals surface area contributed by atoms with Gasteiger partial charge in [0, 0.05) is 50.4 Å². The second-order valence-electron chi connectivity index (χ2n) is 11.7. The van der Waals surface area contributed by atoms with Gasteiger partial charge >= 0.3 is 17.9 Å². The normalized spacial score (nSPS) is 48.8. The molecule has 0 aromatic carbocycles. The van der Waals surface area contributed by atoms with Crippen molar-refractivity contribution in [2.24, 2.45) is 23.7 Å². The predicted molar refractivity (Wildman–Crippen MR) is 124 cm³/mol. The van der Waals surface area contributed by atoms with Gasteiger partial charge in [-0.05, 0) is 57.3 Å². The Morgan fingerprint density at radius 1 is 1.00 bits per heavy atom. The van der Waals surface area contributed by atoms with E-state index in [0.717, 1.165) is 50.5 Å². The average molecular weight is 488 g/mol. The summed E-state index contributed by atoms with van der Waals surface area (Å²) >= 11 is 0. The monoisotopic (exact) mass is 487 g/mol. The van der Waals surface area contributed by atoms with Crippen LogP contribution in [0.1, 0.15) is 65.7 Å². The summed E-state index contributed by atoms with van der Waals surface area (Å²) in [6, 6.07) is 0.686.